The molecule has 23 heavy (non-hydrogen) atoms. The Morgan fingerprint density at radius 3 is 2.91 bits per heavy atom. The molecule has 0 aliphatic heterocycles. The van der Waals surface area contributed by atoms with Crippen LogP contribution < -0.4 is 10.2 Å². The van der Waals surface area contributed by atoms with Crippen LogP contribution in [0.3, 0.4) is 0 Å². The van der Waals surface area contributed by atoms with Crippen LogP contribution in [0, 0.1) is 0 Å². The van der Waals surface area contributed by atoms with Crippen molar-refractivity contribution in [3.05, 3.63) is 48.5 Å². The number of nitrogens with zero attached hydrogens (tertiary/aromatic N) is 1. The number of imidazole rings is 1. The van der Waals surface area contributed by atoms with Crippen LogP contribution in [-0.2, 0) is 4.79 Å². The molecule has 0 atom stereocenters. The van der Waals surface area contributed by atoms with Gasteiger partial charge in [0.2, 0.25) is 5.91 Å². The predicted octanol–water partition coefficient (Wildman–Crippen LogP) is 2.89. The van der Waals surface area contributed by atoms with Crippen LogP contribution in [0.15, 0.2) is 48.5 Å². The summed E-state index contributed by atoms with van der Waals surface area (Å²) in [6.07, 6.45) is 0.751. The van der Waals surface area contributed by atoms with Gasteiger partial charge in [-0.25, -0.2) is 10.5 Å². The fourth-order valence-electron chi connectivity index (χ4n) is 2.30. The molecule has 3 N–H and O–H groups in total. The third-order valence-electron chi connectivity index (χ3n) is 3.44. The van der Waals surface area contributed by atoms with Gasteiger partial charge in [0.25, 0.3) is 0 Å². The van der Waals surface area contributed by atoms with Crippen LogP contribution in [0.1, 0.15) is 12.8 Å². The summed E-state index contributed by atoms with van der Waals surface area (Å²) < 4.78 is 5.63. The van der Waals surface area contributed by atoms with E-state index in [1.807, 2.05) is 48.5 Å². The molecule has 0 saturated heterocycles. The first-order valence-corrected chi connectivity index (χ1v) is 7.37. The number of H-pyrrole nitrogens is 1. The van der Waals surface area contributed by atoms with Gasteiger partial charge in [0.05, 0.1) is 17.6 Å². The predicted molar refractivity (Wildman–Crippen MR) is 86.2 cm³/mol. The molecule has 1 aromatic heterocycles. The molecule has 3 aromatic rings. The molecular weight excluding hydrogens is 294 g/mol. The molecule has 0 saturated carbocycles. The van der Waals surface area contributed by atoms with Gasteiger partial charge in [0.1, 0.15) is 11.6 Å². The number of ether oxygens (including phenoxy) is 1. The van der Waals surface area contributed by atoms with E-state index < -0.39 is 5.91 Å². The van der Waals surface area contributed by atoms with Crippen LogP contribution >= 0.6 is 0 Å². The summed E-state index contributed by atoms with van der Waals surface area (Å²) in [5.74, 6) is 1.09. The number of amides is 1. The van der Waals surface area contributed by atoms with Gasteiger partial charge in [-0.15, -0.1) is 0 Å². The lowest BCUT2D eigenvalue weighted by Crippen LogP contribution is -2.18. The van der Waals surface area contributed by atoms with Crippen molar-refractivity contribution < 1.29 is 14.7 Å². The Kier molecular flexibility index (Phi) is 4.54. The van der Waals surface area contributed by atoms with E-state index >= 15 is 0 Å². The van der Waals surface area contributed by atoms with Crippen molar-refractivity contribution in [1.29, 1.82) is 0 Å². The largest absolute Gasteiger partial charge is 0.494 e. The first-order chi connectivity index (χ1) is 11.3. The number of para-hydroxylation sites is 2. The van der Waals surface area contributed by atoms with E-state index in [1.54, 1.807) is 5.48 Å². The number of rotatable bonds is 6. The lowest BCUT2D eigenvalue weighted by atomic mass is 10.2. The molecule has 6 heteroatoms. The third-order valence-corrected chi connectivity index (χ3v) is 3.44. The number of fused-ring (bicyclic) bond motifs is 1. The Labute approximate surface area is 133 Å². The average Bonchev–Trinajstić information content (AvgIpc) is 3.03. The smallest absolute Gasteiger partial charge is 0.243 e. The van der Waals surface area contributed by atoms with Crippen LogP contribution in [0.4, 0.5) is 0 Å². The Morgan fingerprint density at radius 2 is 2.09 bits per heavy atom. The molecule has 0 radical (unpaired) electrons. The zero-order valence-electron chi connectivity index (χ0n) is 12.5. The molecule has 2 aromatic carbocycles. The van der Waals surface area contributed by atoms with Crippen LogP contribution in [-0.4, -0.2) is 27.7 Å². The van der Waals surface area contributed by atoms with Crippen molar-refractivity contribution in [2.24, 2.45) is 0 Å². The van der Waals surface area contributed by atoms with Crippen LogP contribution in [0.5, 0.6) is 5.75 Å². The van der Waals surface area contributed by atoms with E-state index in [2.05, 4.69) is 9.97 Å². The molecule has 0 bridgehead atoms. The molecule has 118 valence electrons. The number of nitrogens with one attached hydrogen (secondary N) is 2. The number of carbonyl (C=O) groups excluding carboxylic acids is 1. The van der Waals surface area contributed by atoms with Gasteiger partial charge in [-0.3, -0.25) is 10.0 Å². The Bertz CT molecular complexity index is 780. The summed E-state index contributed by atoms with van der Waals surface area (Å²) in [4.78, 5) is 18.8. The van der Waals surface area contributed by atoms with Crippen molar-refractivity contribution in [2.45, 2.75) is 12.8 Å². The number of hydroxylamine groups is 1. The normalized spacial score (nSPS) is 10.7. The highest BCUT2D eigenvalue weighted by Gasteiger charge is 2.06. The van der Waals surface area contributed by atoms with Gasteiger partial charge < -0.3 is 9.72 Å². The maximum Gasteiger partial charge on any atom is 0.243 e. The molecule has 0 spiro atoms. The molecule has 1 heterocycles. The zero-order valence-corrected chi connectivity index (χ0v) is 12.5. The lowest BCUT2D eigenvalue weighted by Gasteiger charge is -2.06. The first kappa shape index (κ1) is 15.1. The van der Waals surface area contributed by atoms with E-state index in [0.717, 1.165) is 22.4 Å². The van der Waals surface area contributed by atoms with Gasteiger partial charge in [0.15, 0.2) is 0 Å². The summed E-state index contributed by atoms with van der Waals surface area (Å²) in [6, 6.07) is 15.5. The van der Waals surface area contributed by atoms with Gasteiger partial charge in [-0.05, 0) is 30.7 Å². The minimum atomic E-state index is -0.412. The fraction of sp³-hybridized carbons (Fsp3) is 0.176. The molecule has 1 amide bonds. The number of carbonyl (C=O) groups is 1. The van der Waals surface area contributed by atoms with E-state index in [-0.39, 0.29) is 6.42 Å². The summed E-state index contributed by atoms with van der Waals surface area (Å²) in [5.41, 5.74) is 4.45. The summed E-state index contributed by atoms with van der Waals surface area (Å²) in [5, 5.41) is 8.42. The molecule has 6 nitrogen and oxygen atoms in total. The Morgan fingerprint density at radius 1 is 1.22 bits per heavy atom. The van der Waals surface area contributed by atoms with Crippen molar-refractivity contribution in [3.8, 4) is 17.1 Å². The summed E-state index contributed by atoms with van der Waals surface area (Å²) in [7, 11) is 0. The maximum absolute atomic E-state index is 10.9. The van der Waals surface area contributed by atoms with Gasteiger partial charge >= 0.3 is 0 Å². The van der Waals surface area contributed by atoms with E-state index in [4.69, 9.17) is 9.94 Å². The Hall–Kier alpha value is -2.86. The minimum Gasteiger partial charge on any atom is -0.494 e. The van der Waals surface area contributed by atoms with Crippen LogP contribution in [0.2, 0.25) is 0 Å². The number of hydrogen-bond acceptors (Lipinski definition) is 4. The lowest BCUT2D eigenvalue weighted by molar-refractivity contribution is -0.129. The molecule has 0 aliphatic rings. The highest BCUT2D eigenvalue weighted by Crippen LogP contribution is 2.24. The molecule has 0 aliphatic carbocycles. The molecule has 0 unspecified atom stereocenters. The summed E-state index contributed by atoms with van der Waals surface area (Å²) in [6.45, 7) is 0.400. The second-order valence-corrected chi connectivity index (χ2v) is 5.12. The zero-order chi connectivity index (χ0) is 16.1. The second-order valence-electron chi connectivity index (χ2n) is 5.12. The Balaban J connectivity index is 1.68. The highest BCUT2D eigenvalue weighted by molar-refractivity contribution is 5.79. The third kappa shape index (κ3) is 3.67. The molecule has 3 rings (SSSR count). The van der Waals surface area contributed by atoms with Crippen molar-refractivity contribution >= 4 is 16.9 Å². The van der Waals surface area contributed by atoms with Crippen molar-refractivity contribution in [2.75, 3.05) is 6.61 Å². The van der Waals surface area contributed by atoms with Gasteiger partial charge in [0, 0.05) is 12.0 Å². The van der Waals surface area contributed by atoms with Gasteiger partial charge in [-0.1, -0.05) is 24.3 Å². The van der Waals surface area contributed by atoms with E-state index in [1.165, 1.54) is 0 Å². The van der Waals surface area contributed by atoms with Crippen molar-refractivity contribution in [1.82, 2.24) is 15.4 Å². The average molecular weight is 311 g/mol. The maximum atomic E-state index is 10.9. The second kappa shape index (κ2) is 6.93. The van der Waals surface area contributed by atoms with E-state index in [0.29, 0.717) is 18.8 Å². The monoisotopic (exact) mass is 311 g/mol. The number of benzene rings is 2. The number of aromatic amines is 1. The number of hydrogen-bond donors (Lipinski definition) is 3. The molecule has 0 fully saturated rings. The highest BCUT2D eigenvalue weighted by atomic mass is 16.5. The SMILES string of the molecule is O=C(CCCOc1cccc(-c2nc3ccccc3[nH]2)c1)NO. The van der Waals surface area contributed by atoms with E-state index in [9.17, 15) is 4.79 Å². The topological polar surface area (TPSA) is 87.2 Å². The van der Waals surface area contributed by atoms with Gasteiger partial charge in [-0.2, -0.15) is 0 Å². The van der Waals surface area contributed by atoms with Crippen LogP contribution in [0.25, 0.3) is 22.4 Å². The van der Waals surface area contributed by atoms with Crippen molar-refractivity contribution in [3.63, 3.8) is 0 Å². The quantitative estimate of drug-likeness (QED) is 0.371. The first-order valence-electron chi connectivity index (χ1n) is 7.37. The standard InChI is InChI=1S/C17H17N3O3/c21-16(20-22)9-4-10-23-13-6-3-5-12(11-13)17-18-14-7-1-2-8-15(14)19-17/h1-3,5-8,11,22H,4,9-10H2,(H,18,19)(H,20,21). The minimum absolute atomic E-state index is 0.222. The fourth-order valence-corrected chi connectivity index (χ4v) is 2.30. The summed E-state index contributed by atoms with van der Waals surface area (Å²) >= 11 is 0. The molecular formula is C17H17N3O3. The number of aromatic nitrogens is 2.